The van der Waals surface area contributed by atoms with E-state index >= 15 is 0 Å². The maximum atomic E-state index is 12.0. The van der Waals surface area contributed by atoms with Crippen LogP contribution in [-0.2, 0) is 13.0 Å². The predicted molar refractivity (Wildman–Crippen MR) is 86.7 cm³/mol. The summed E-state index contributed by atoms with van der Waals surface area (Å²) in [4.78, 5) is 30.4. The number of hydrogen-bond acceptors (Lipinski definition) is 3. The monoisotopic (exact) mass is 339 g/mol. The van der Waals surface area contributed by atoms with Gasteiger partial charge in [-0.1, -0.05) is 29.3 Å². The Balaban J connectivity index is 1.91. The van der Waals surface area contributed by atoms with Gasteiger partial charge in [-0.25, -0.2) is 4.79 Å². The molecule has 0 saturated heterocycles. The number of fused-ring (bicyclic) bond motifs is 1. The summed E-state index contributed by atoms with van der Waals surface area (Å²) < 4.78 is 0. The number of aromatic amines is 2. The van der Waals surface area contributed by atoms with Crippen molar-refractivity contribution in [1.82, 2.24) is 14.9 Å². The molecule has 1 atom stereocenters. The Hall–Kier alpha value is -1.56. The third-order valence-corrected chi connectivity index (χ3v) is 4.66. The Labute approximate surface area is 136 Å². The molecule has 3 rings (SSSR count). The van der Waals surface area contributed by atoms with Crippen LogP contribution in [-0.4, -0.2) is 21.4 Å². The second-order valence-electron chi connectivity index (χ2n) is 5.43. The summed E-state index contributed by atoms with van der Waals surface area (Å²) in [6.07, 6.45) is 0.629. The molecule has 0 bridgehead atoms. The zero-order valence-electron chi connectivity index (χ0n) is 12.0. The molecular weight excluding hydrogens is 325 g/mol. The molecule has 0 amide bonds. The van der Waals surface area contributed by atoms with Crippen LogP contribution < -0.4 is 11.2 Å². The average Bonchev–Trinajstić information content (AvgIpc) is 2.46. The number of rotatable bonds is 2. The van der Waals surface area contributed by atoms with Gasteiger partial charge in [0.25, 0.3) is 5.56 Å². The molecule has 7 heteroatoms. The molecule has 2 heterocycles. The first-order valence-corrected chi connectivity index (χ1v) is 7.74. The van der Waals surface area contributed by atoms with Crippen LogP contribution in [0, 0.1) is 0 Å². The van der Waals surface area contributed by atoms with E-state index in [9.17, 15) is 9.59 Å². The number of nitrogens with one attached hydrogen (secondary N) is 2. The van der Waals surface area contributed by atoms with Crippen LogP contribution in [0.4, 0.5) is 0 Å². The molecule has 5 nitrogen and oxygen atoms in total. The van der Waals surface area contributed by atoms with E-state index in [2.05, 4.69) is 14.9 Å². The molecule has 0 aliphatic carbocycles. The van der Waals surface area contributed by atoms with E-state index in [1.807, 2.05) is 13.0 Å². The summed E-state index contributed by atoms with van der Waals surface area (Å²) in [6.45, 7) is 3.26. The minimum atomic E-state index is -0.453. The Bertz CT molecular complexity index is 828. The topological polar surface area (TPSA) is 69.0 Å². The van der Waals surface area contributed by atoms with Gasteiger partial charge in [0.05, 0.1) is 5.56 Å². The van der Waals surface area contributed by atoms with Gasteiger partial charge in [-0.3, -0.25) is 14.7 Å². The van der Waals surface area contributed by atoms with E-state index in [1.54, 1.807) is 12.1 Å². The van der Waals surface area contributed by atoms with Crippen molar-refractivity contribution in [2.45, 2.75) is 25.9 Å². The van der Waals surface area contributed by atoms with E-state index in [0.29, 0.717) is 28.6 Å². The fraction of sp³-hybridized carbons (Fsp3) is 0.333. The molecule has 1 aliphatic heterocycles. The van der Waals surface area contributed by atoms with Crippen molar-refractivity contribution < 1.29 is 0 Å². The van der Waals surface area contributed by atoms with E-state index in [0.717, 1.165) is 17.8 Å². The quantitative estimate of drug-likeness (QED) is 0.883. The van der Waals surface area contributed by atoms with Crippen LogP contribution in [0.25, 0.3) is 0 Å². The molecule has 0 radical (unpaired) electrons. The molecule has 1 aromatic carbocycles. The maximum Gasteiger partial charge on any atom is 0.325 e. The van der Waals surface area contributed by atoms with Crippen molar-refractivity contribution in [3.63, 3.8) is 0 Å². The lowest BCUT2D eigenvalue weighted by atomic mass is 10.0. The first-order chi connectivity index (χ1) is 10.5. The molecule has 0 spiro atoms. The van der Waals surface area contributed by atoms with Crippen LogP contribution in [0.3, 0.4) is 0 Å². The Morgan fingerprint density at radius 2 is 2.00 bits per heavy atom. The SMILES string of the molecule is CC(c1ccc(Cl)cc1Cl)N1CCc2[nH]c(=O)[nH]c(=O)c2C1. The van der Waals surface area contributed by atoms with Crippen molar-refractivity contribution in [2.75, 3.05) is 6.54 Å². The molecule has 2 N–H and O–H groups in total. The van der Waals surface area contributed by atoms with Crippen molar-refractivity contribution in [2.24, 2.45) is 0 Å². The van der Waals surface area contributed by atoms with Gasteiger partial charge in [0.15, 0.2) is 0 Å². The lowest BCUT2D eigenvalue weighted by molar-refractivity contribution is 0.189. The highest BCUT2D eigenvalue weighted by Gasteiger charge is 2.25. The number of nitrogens with zero attached hydrogens (tertiary/aromatic N) is 1. The largest absolute Gasteiger partial charge is 0.325 e. The summed E-state index contributed by atoms with van der Waals surface area (Å²) >= 11 is 12.2. The normalized spacial score (nSPS) is 16.3. The molecule has 1 unspecified atom stereocenters. The van der Waals surface area contributed by atoms with Crippen molar-refractivity contribution in [3.8, 4) is 0 Å². The average molecular weight is 340 g/mol. The minimum Gasteiger partial charge on any atom is -0.311 e. The summed E-state index contributed by atoms with van der Waals surface area (Å²) in [6, 6.07) is 5.48. The Morgan fingerprint density at radius 3 is 2.73 bits per heavy atom. The molecular formula is C15H15Cl2N3O2. The molecule has 22 heavy (non-hydrogen) atoms. The first-order valence-electron chi connectivity index (χ1n) is 6.99. The number of hydrogen-bond donors (Lipinski definition) is 2. The fourth-order valence-electron chi connectivity index (χ4n) is 2.85. The number of halogens is 2. The van der Waals surface area contributed by atoms with Crippen LogP contribution >= 0.6 is 23.2 Å². The Kier molecular flexibility index (Phi) is 4.12. The zero-order valence-corrected chi connectivity index (χ0v) is 13.5. The Morgan fingerprint density at radius 1 is 1.23 bits per heavy atom. The number of aromatic nitrogens is 2. The van der Waals surface area contributed by atoms with Crippen LogP contribution in [0.2, 0.25) is 10.0 Å². The van der Waals surface area contributed by atoms with Gasteiger partial charge in [0.1, 0.15) is 0 Å². The van der Waals surface area contributed by atoms with E-state index in [4.69, 9.17) is 23.2 Å². The highest BCUT2D eigenvalue weighted by Crippen LogP contribution is 2.31. The smallest absolute Gasteiger partial charge is 0.311 e. The molecule has 0 fully saturated rings. The van der Waals surface area contributed by atoms with Gasteiger partial charge >= 0.3 is 5.69 Å². The van der Waals surface area contributed by atoms with Crippen molar-refractivity contribution in [1.29, 1.82) is 0 Å². The van der Waals surface area contributed by atoms with Crippen molar-refractivity contribution >= 4 is 23.2 Å². The van der Waals surface area contributed by atoms with Crippen LogP contribution in [0.15, 0.2) is 27.8 Å². The molecule has 2 aromatic rings. The zero-order chi connectivity index (χ0) is 15.9. The summed E-state index contributed by atoms with van der Waals surface area (Å²) in [5.41, 5.74) is 1.53. The van der Waals surface area contributed by atoms with Gasteiger partial charge in [0, 0.05) is 41.3 Å². The highest BCUT2D eigenvalue weighted by atomic mass is 35.5. The number of benzene rings is 1. The molecule has 1 aromatic heterocycles. The summed E-state index contributed by atoms with van der Waals surface area (Å²) in [7, 11) is 0. The van der Waals surface area contributed by atoms with E-state index in [1.165, 1.54) is 0 Å². The predicted octanol–water partition coefficient (Wildman–Crippen LogP) is 2.49. The van der Waals surface area contributed by atoms with Gasteiger partial charge in [-0.05, 0) is 24.6 Å². The highest BCUT2D eigenvalue weighted by molar-refractivity contribution is 6.35. The molecule has 1 aliphatic rings. The summed E-state index contributed by atoms with van der Waals surface area (Å²) in [5, 5.41) is 1.21. The maximum absolute atomic E-state index is 12.0. The second-order valence-corrected chi connectivity index (χ2v) is 6.27. The number of H-pyrrole nitrogens is 2. The lowest BCUT2D eigenvalue weighted by Gasteiger charge is -2.33. The van der Waals surface area contributed by atoms with Crippen LogP contribution in [0.5, 0.6) is 0 Å². The molecule has 0 saturated carbocycles. The van der Waals surface area contributed by atoms with Gasteiger partial charge in [0.2, 0.25) is 0 Å². The first kappa shape index (κ1) is 15.3. The summed E-state index contributed by atoms with van der Waals surface area (Å²) in [5.74, 6) is 0. The minimum absolute atomic E-state index is 0.0456. The van der Waals surface area contributed by atoms with Gasteiger partial charge in [-0.15, -0.1) is 0 Å². The van der Waals surface area contributed by atoms with Crippen LogP contribution in [0.1, 0.15) is 29.8 Å². The second kappa shape index (κ2) is 5.91. The molecule has 116 valence electrons. The van der Waals surface area contributed by atoms with Crippen molar-refractivity contribution in [3.05, 3.63) is 65.9 Å². The van der Waals surface area contributed by atoms with E-state index < -0.39 is 5.69 Å². The van der Waals surface area contributed by atoms with Gasteiger partial charge in [-0.2, -0.15) is 0 Å². The standard InChI is InChI=1S/C15H15Cl2N3O2/c1-8(10-3-2-9(16)6-12(10)17)20-5-4-13-11(7-20)14(21)19-15(22)18-13/h2-3,6,8H,4-5,7H2,1H3,(H2,18,19,21,22). The van der Waals surface area contributed by atoms with E-state index in [-0.39, 0.29) is 11.6 Å². The third-order valence-electron chi connectivity index (χ3n) is 4.10. The third kappa shape index (κ3) is 2.84. The van der Waals surface area contributed by atoms with Gasteiger partial charge < -0.3 is 4.98 Å². The lowest BCUT2D eigenvalue weighted by Crippen LogP contribution is -2.39. The fourth-order valence-corrected chi connectivity index (χ4v) is 3.41.